The van der Waals surface area contributed by atoms with Gasteiger partial charge in [0, 0.05) is 49.2 Å². The fourth-order valence-corrected chi connectivity index (χ4v) is 4.18. The zero-order valence-corrected chi connectivity index (χ0v) is 17.3. The Hall–Kier alpha value is -1.98. The summed E-state index contributed by atoms with van der Waals surface area (Å²) in [5.74, 6) is 0.472. The van der Waals surface area contributed by atoms with Gasteiger partial charge in [-0.25, -0.2) is 4.39 Å². The predicted octanol–water partition coefficient (Wildman–Crippen LogP) is 3.52. The molecule has 152 valence electrons. The van der Waals surface area contributed by atoms with E-state index in [-0.39, 0.29) is 11.2 Å². The van der Waals surface area contributed by atoms with Gasteiger partial charge in [0.25, 0.3) is 0 Å². The Morgan fingerprint density at radius 3 is 2.75 bits per heavy atom. The highest BCUT2D eigenvalue weighted by molar-refractivity contribution is 5.23. The fourth-order valence-electron chi connectivity index (χ4n) is 4.18. The third-order valence-electron chi connectivity index (χ3n) is 5.85. The number of nitrogens with zero attached hydrogens (tertiary/aromatic N) is 2. The molecule has 4 nitrogen and oxygen atoms in total. The molecule has 0 saturated carbocycles. The molecule has 1 aliphatic rings. The van der Waals surface area contributed by atoms with E-state index in [0.717, 1.165) is 56.0 Å². The Bertz CT molecular complexity index is 831. The van der Waals surface area contributed by atoms with Crippen molar-refractivity contribution in [2.45, 2.75) is 39.7 Å². The summed E-state index contributed by atoms with van der Waals surface area (Å²) in [4.78, 5) is 20.3. The molecule has 1 fully saturated rings. The molecule has 0 bridgehead atoms. The number of benzene rings is 1. The van der Waals surface area contributed by atoms with Crippen LogP contribution in [0.5, 0.6) is 0 Å². The number of pyridine rings is 1. The summed E-state index contributed by atoms with van der Waals surface area (Å²) in [5, 5.41) is 0. The summed E-state index contributed by atoms with van der Waals surface area (Å²) in [5.41, 5.74) is 3.96. The van der Waals surface area contributed by atoms with Crippen LogP contribution in [0.3, 0.4) is 0 Å². The number of hydrogen-bond donors (Lipinski definition) is 1. The van der Waals surface area contributed by atoms with Crippen molar-refractivity contribution in [3.63, 3.8) is 0 Å². The molecule has 0 aliphatic carbocycles. The van der Waals surface area contributed by atoms with Gasteiger partial charge in [0.05, 0.1) is 0 Å². The average Bonchev–Trinajstić information content (AvgIpc) is 2.68. The molecule has 3 rings (SSSR count). The molecule has 0 spiro atoms. The molecule has 1 aromatic heterocycles. The van der Waals surface area contributed by atoms with Crippen LogP contribution >= 0.6 is 0 Å². The molecule has 0 amide bonds. The number of likely N-dealkylation sites (tertiary alicyclic amines) is 1. The second kappa shape index (κ2) is 9.48. The molecule has 1 aliphatic heterocycles. The molecule has 1 aromatic carbocycles. The Labute approximate surface area is 167 Å². The van der Waals surface area contributed by atoms with Crippen LogP contribution < -0.4 is 5.43 Å². The number of H-pyrrole nitrogens is 1. The van der Waals surface area contributed by atoms with Crippen LogP contribution in [-0.4, -0.2) is 48.0 Å². The molecule has 0 radical (unpaired) electrons. The van der Waals surface area contributed by atoms with Gasteiger partial charge in [0.2, 0.25) is 0 Å². The highest BCUT2D eigenvalue weighted by Gasteiger charge is 2.21. The number of nitrogens with one attached hydrogen (secondary N) is 1. The number of piperidine rings is 1. The van der Waals surface area contributed by atoms with E-state index in [1.165, 1.54) is 18.4 Å². The Morgan fingerprint density at radius 1 is 1.25 bits per heavy atom. The van der Waals surface area contributed by atoms with Crippen LogP contribution in [0.15, 0.2) is 35.3 Å². The van der Waals surface area contributed by atoms with Gasteiger partial charge in [-0.05, 0) is 70.3 Å². The predicted molar refractivity (Wildman–Crippen MR) is 112 cm³/mol. The van der Waals surface area contributed by atoms with Crippen LogP contribution in [0.25, 0.3) is 0 Å². The second-order valence-electron chi connectivity index (χ2n) is 8.29. The van der Waals surface area contributed by atoms with Crippen molar-refractivity contribution in [1.82, 2.24) is 14.8 Å². The first-order valence-corrected chi connectivity index (χ1v) is 10.3. The summed E-state index contributed by atoms with van der Waals surface area (Å²) >= 11 is 0. The quantitative estimate of drug-likeness (QED) is 0.793. The van der Waals surface area contributed by atoms with Gasteiger partial charge in [-0.1, -0.05) is 12.1 Å². The van der Waals surface area contributed by atoms with Crippen molar-refractivity contribution in [3.8, 4) is 0 Å². The van der Waals surface area contributed by atoms with E-state index in [4.69, 9.17) is 0 Å². The zero-order chi connectivity index (χ0) is 20.1. The van der Waals surface area contributed by atoms with Gasteiger partial charge < -0.3 is 14.8 Å². The van der Waals surface area contributed by atoms with E-state index in [0.29, 0.717) is 5.92 Å². The van der Waals surface area contributed by atoms with Crippen LogP contribution in [-0.2, 0) is 13.0 Å². The van der Waals surface area contributed by atoms with E-state index in [1.807, 2.05) is 32.2 Å². The Morgan fingerprint density at radius 2 is 2.00 bits per heavy atom. The first-order valence-electron chi connectivity index (χ1n) is 10.3. The molecule has 1 atom stereocenters. The second-order valence-corrected chi connectivity index (χ2v) is 8.29. The zero-order valence-electron chi connectivity index (χ0n) is 17.3. The van der Waals surface area contributed by atoms with Gasteiger partial charge in [-0.2, -0.15) is 0 Å². The van der Waals surface area contributed by atoms with Crippen molar-refractivity contribution in [2.75, 3.05) is 33.2 Å². The van der Waals surface area contributed by atoms with E-state index in [2.05, 4.69) is 21.8 Å². The summed E-state index contributed by atoms with van der Waals surface area (Å²) in [6.07, 6.45) is 5.26. The van der Waals surface area contributed by atoms with E-state index >= 15 is 0 Å². The lowest BCUT2D eigenvalue weighted by Crippen LogP contribution is -2.41. The normalized spacial score (nSPS) is 18.0. The Kier molecular flexibility index (Phi) is 7.03. The average molecular weight is 386 g/mol. The van der Waals surface area contributed by atoms with Gasteiger partial charge in [0.15, 0.2) is 5.43 Å². The number of halogens is 1. The number of aromatic nitrogens is 1. The van der Waals surface area contributed by atoms with Crippen molar-refractivity contribution in [3.05, 3.63) is 68.9 Å². The van der Waals surface area contributed by atoms with Gasteiger partial charge in [-0.3, -0.25) is 4.79 Å². The van der Waals surface area contributed by atoms with Crippen LogP contribution in [0.4, 0.5) is 4.39 Å². The minimum Gasteiger partial charge on any atom is -0.363 e. The summed E-state index contributed by atoms with van der Waals surface area (Å²) in [6, 6.07) is 6.85. The molecule has 2 aromatic rings. The van der Waals surface area contributed by atoms with Crippen molar-refractivity contribution < 1.29 is 4.39 Å². The number of aryl methyl sites for hydroxylation is 1. The molecule has 2 heterocycles. The molecule has 5 heteroatoms. The maximum atomic E-state index is 13.0. The molecule has 1 N–H and O–H groups in total. The molecule has 28 heavy (non-hydrogen) atoms. The largest absolute Gasteiger partial charge is 0.363 e. The summed E-state index contributed by atoms with van der Waals surface area (Å²) in [6.45, 7) is 8.83. The lowest BCUT2D eigenvalue weighted by molar-refractivity contribution is 0.142. The SMILES string of the molecule is Cc1c[nH]c(CN(C)CC2CCCN(CCc3ccc(F)cc3)C2)c(C)c1=O. The summed E-state index contributed by atoms with van der Waals surface area (Å²) < 4.78 is 13.0. The van der Waals surface area contributed by atoms with Crippen LogP contribution in [0, 0.1) is 25.6 Å². The maximum Gasteiger partial charge on any atom is 0.187 e. The van der Waals surface area contributed by atoms with Crippen LogP contribution in [0.1, 0.15) is 35.2 Å². The van der Waals surface area contributed by atoms with Crippen LogP contribution in [0.2, 0.25) is 0 Å². The van der Waals surface area contributed by atoms with Crippen molar-refractivity contribution >= 4 is 0 Å². The lowest BCUT2D eigenvalue weighted by Gasteiger charge is -2.34. The molecular formula is C23H32FN3O. The minimum absolute atomic E-state index is 0.145. The molecule has 1 unspecified atom stereocenters. The maximum absolute atomic E-state index is 13.0. The Balaban J connectivity index is 1.49. The minimum atomic E-state index is -0.171. The number of hydrogen-bond acceptors (Lipinski definition) is 3. The van der Waals surface area contributed by atoms with E-state index in [1.54, 1.807) is 12.1 Å². The summed E-state index contributed by atoms with van der Waals surface area (Å²) in [7, 11) is 2.13. The van der Waals surface area contributed by atoms with Gasteiger partial charge >= 0.3 is 0 Å². The van der Waals surface area contributed by atoms with Gasteiger partial charge in [-0.15, -0.1) is 0 Å². The number of rotatable bonds is 7. The standard InChI is InChI=1S/C23H32FN3O/c1-17-13-25-22(18(2)23(17)28)16-26(3)14-20-5-4-11-27(15-20)12-10-19-6-8-21(24)9-7-19/h6-9,13,20H,4-5,10-12,14-16H2,1-3H3,(H,25,28). The lowest BCUT2D eigenvalue weighted by atomic mass is 9.97. The first kappa shape index (κ1) is 20.7. The highest BCUT2D eigenvalue weighted by Crippen LogP contribution is 2.19. The third-order valence-corrected chi connectivity index (χ3v) is 5.85. The van der Waals surface area contributed by atoms with Crippen molar-refractivity contribution in [1.29, 1.82) is 0 Å². The monoisotopic (exact) mass is 385 g/mol. The first-order chi connectivity index (χ1) is 13.4. The number of aromatic amines is 1. The highest BCUT2D eigenvalue weighted by atomic mass is 19.1. The van der Waals surface area contributed by atoms with E-state index in [9.17, 15) is 9.18 Å². The topological polar surface area (TPSA) is 39.3 Å². The third kappa shape index (κ3) is 5.52. The fraction of sp³-hybridized carbons (Fsp3) is 0.522. The molecular weight excluding hydrogens is 353 g/mol. The smallest absolute Gasteiger partial charge is 0.187 e. The molecule has 1 saturated heterocycles. The van der Waals surface area contributed by atoms with Crippen molar-refractivity contribution in [2.24, 2.45) is 5.92 Å². The van der Waals surface area contributed by atoms with Gasteiger partial charge in [0.1, 0.15) is 5.82 Å². The van der Waals surface area contributed by atoms with E-state index < -0.39 is 0 Å².